The molecule has 0 spiro atoms. The first kappa shape index (κ1) is 20.6. The van der Waals surface area contributed by atoms with Crippen LogP contribution in [0.1, 0.15) is 43.3 Å². The van der Waals surface area contributed by atoms with Crippen molar-refractivity contribution < 1.29 is 4.52 Å². The normalized spacial score (nSPS) is 17.2. The molecule has 0 amide bonds. The summed E-state index contributed by atoms with van der Waals surface area (Å²) in [7, 11) is 0. The molecule has 0 saturated carbocycles. The summed E-state index contributed by atoms with van der Waals surface area (Å²) < 4.78 is 7.44. The second kappa shape index (κ2) is 8.81. The van der Waals surface area contributed by atoms with E-state index in [0.717, 1.165) is 37.3 Å². The molecule has 1 aromatic carbocycles. The number of aryl methyl sites for hydroxylation is 1. The van der Waals surface area contributed by atoms with E-state index in [1.165, 1.54) is 5.52 Å². The van der Waals surface area contributed by atoms with Gasteiger partial charge in [0.05, 0.1) is 30.2 Å². The molecule has 2 N–H and O–H groups in total. The lowest BCUT2D eigenvalue weighted by molar-refractivity contribution is 0.226. The quantitative estimate of drug-likeness (QED) is 0.710. The Hall–Kier alpha value is -1.67. The van der Waals surface area contributed by atoms with Gasteiger partial charge in [-0.15, -0.1) is 24.8 Å². The SMILES string of the molecule is CCn1c(C2CCCN2Cc2noc(CN)n2)nc2ccccc21.Cl.Cl. The number of hydrogen-bond acceptors (Lipinski definition) is 6. The Morgan fingerprint density at radius 3 is 2.77 bits per heavy atom. The predicted octanol–water partition coefficient (Wildman–Crippen LogP) is 3.08. The van der Waals surface area contributed by atoms with Crippen molar-refractivity contribution in [3.63, 3.8) is 0 Å². The van der Waals surface area contributed by atoms with Crippen LogP contribution in [-0.2, 0) is 19.6 Å². The molecule has 1 unspecified atom stereocenters. The van der Waals surface area contributed by atoms with Crippen molar-refractivity contribution in [2.75, 3.05) is 6.54 Å². The largest absolute Gasteiger partial charge is 0.338 e. The van der Waals surface area contributed by atoms with Gasteiger partial charge in [0, 0.05) is 6.54 Å². The number of aromatic nitrogens is 4. The fourth-order valence-electron chi connectivity index (χ4n) is 3.61. The molecule has 1 fully saturated rings. The summed E-state index contributed by atoms with van der Waals surface area (Å²) in [5, 5.41) is 4.03. The van der Waals surface area contributed by atoms with E-state index in [0.29, 0.717) is 18.3 Å². The third kappa shape index (κ3) is 3.71. The number of nitrogens with two attached hydrogens (primary N) is 1. The van der Waals surface area contributed by atoms with Crippen LogP contribution in [0.5, 0.6) is 0 Å². The highest BCUT2D eigenvalue weighted by Crippen LogP contribution is 2.34. The summed E-state index contributed by atoms with van der Waals surface area (Å²) in [4.78, 5) is 11.6. The molecule has 2 aromatic heterocycles. The third-order valence-electron chi connectivity index (χ3n) is 4.69. The molecule has 1 aliphatic rings. The van der Waals surface area contributed by atoms with Gasteiger partial charge in [0.2, 0.25) is 5.89 Å². The molecule has 3 heterocycles. The number of likely N-dealkylation sites (tertiary alicyclic amines) is 1. The second-order valence-electron chi connectivity index (χ2n) is 6.14. The van der Waals surface area contributed by atoms with Crippen LogP contribution in [0.2, 0.25) is 0 Å². The first-order chi connectivity index (χ1) is 11.8. The summed E-state index contributed by atoms with van der Waals surface area (Å²) >= 11 is 0. The van der Waals surface area contributed by atoms with Crippen LogP contribution in [0.15, 0.2) is 28.8 Å². The number of para-hydroxylation sites is 2. The standard InChI is InChI=1S/C17H22N6O.2ClH/c1-2-23-13-7-4-3-6-12(13)19-17(23)14-8-5-9-22(14)11-15-20-16(10-18)24-21-15;;/h3-4,6-7,14H,2,5,8-11,18H2,1H3;2*1H. The maximum atomic E-state index is 5.55. The van der Waals surface area contributed by atoms with Gasteiger partial charge in [0.25, 0.3) is 0 Å². The van der Waals surface area contributed by atoms with Gasteiger partial charge in [-0.25, -0.2) is 4.98 Å². The first-order valence-corrected chi connectivity index (χ1v) is 8.51. The Bertz CT molecular complexity index is 849. The summed E-state index contributed by atoms with van der Waals surface area (Å²) in [6, 6.07) is 8.62. The summed E-state index contributed by atoms with van der Waals surface area (Å²) in [5.41, 5.74) is 7.81. The molecule has 0 radical (unpaired) electrons. The van der Waals surface area contributed by atoms with Gasteiger partial charge in [-0.1, -0.05) is 17.3 Å². The zero-order valence-electron chi connectivity index (χ0n) is 14.7. The molecule has 1 atom stereocenters. The van der Waals surface area contributed by atoms with Crippen molar-refractivity contribution in [3.8, 4) is 0 Å². The fourth-order valence-corrected chi connectivity index (χ4v) is 3.61. The van der Waals surface area contributed by atoms with E-state index in [1.54, 1.807) is 0 Å². The molecule has 7 nitrogen and oxygen atoms in total. The van der Waals surface area contributed by atoms with E-state index in [9.17, 15) is 0 Å². The van der Waals surface area contributed by atoms with Crippen LogP contribution in [0.25, 0.3) is 11.0 Å². The van der Waals surface area contributed by atoms with Gasteiger partial charge in [-0.05, 0) is 38.4 Å². The summed E-state index contributed by atoms with van der Waals surface area (Å²) in [6.45, 7) is 5.05. The van der Waals surface area contributed by atoms with Crippen molar-refractivity contribution in [1.82, 2.24) is 24.6 Å². The van der Waals surface area contributed by atoms with Crippen molar-refractivity contribution in [3.05, 3.63) is 41.8 Å². The summed E-state index contributed by atoms with van der Waals surface area (Å²) in [5.74, 6) is 2.32. The highest BCUT2D eigenvalue weighted by Gasteiger charge is 2.31. The molecule has 0 bridgehead atoms. The van der Waals surface area contributed by atoms with Crippen molar-refractivity contribution in [2.45, 2.75) is 45.4 Å². The minimum Gasteiger partial charge on any atom is -0.338 e. The van der Waals surface area contributed by atoms with E-state index in [1.807, 2.05) is 6.07 Å². The van der Waals surface area contributed by atoms with Crippen molar-refractivity contribution in [1.29, 1.82) is 0 Å². The third-order valence-corrected chi connectivity index (χ3v) is 4.69. The fraction of sp³-hybridized carbons (Fsp3) is 0.471. The number of benzene rings is 1. The van der Waals surface area contributed by atoms with E-state index < -0.39 is 0 Å². The molecule has 142 valence electrons. The lowest BCUT2D eigenvalue weighted by Gasteiger charge is -2.23. The second-order valence-corrected chi connectivity index (χ2v) is 6.14. The number of halogens is 2. The Labute approximate surface area is 164 Å². The number of rotatable bonds is 5. The van der Waals surface area contributed by atoms with E-state index in [-0.39, 0.29) is 37.4 Å². The Morgan fingerprint density at radius 2 is 2.04 bits per heavy atom. The van der Waals surface area contributed by atoms with Gasteiger partial charge in [-0.2, -0.15) is 4.98 Å². The van der Waals surface area contributed by atoms with Crippen molar-refractivity contribution in [2.24, 2.45) is 5.73 Å². The van der Waals surface area contributed by atoms with Gasteiger partial charge in [-0.3, -0.25) is 4.90 Å². The summed E-state index contributed by atoms with van der Waals surface area (Å²) in [6.07, 6.45) is 2.25. The van der Waals surface area contributed by atoms with Crippen LogP contribution >= 0.6 is 24.8 Å². The van der Waals surface area contributed by atoms with E-state index in [2.05, 4.69) is 44.7 Å². The maximum absolute atomic E-state index is 5.55. The molecule has 1 aliphatic heterocycles. The van der Waals surface area contributed by atoms with Crippen molar-refractivity contribution >= 4 is 35.8 Å². The van der Waals surface area contributed by atoms with Gasteiger partial charge in [0.1, 0.15) is 5.82 Å². The maximum Gasteiger partial charge on any atom is 0.240 e. The first-order valence-electron chi connectivity index (χ1n) is 8.51. The molecule has 3 aromatic rings. The van der Waals surface area contributed by atoms with E-state index >= 15 is 0 Å². The number of fused-ring (bicyclic) bond motifs is 1. The predicted molar refractivity (Wildman–Crippen MR) is 104 cm³/mol. The minimum absolute atomic E-state index is 0. The highest BCUT2D eigenvalue weighted by molar-refractivity contribution is 5.85. The highest BCUT2D eigenvalue weighted by atomic mass is 35.5. The minimum atomic E-state index is 0. The van der Waals surface area contributed by atoms with Crippen LogP contribution < -0.4 is 5.73 Å². The van der Waals surface area contributed by atoms with Crippen LogP contribution in [0, 0.1) is 0 Å². The molecule has 4 rings (SSSR count). The Morgan fingerprint density at radius 1 is 1.23 bits per heavy atom. The van der Waals surface area contributed by atoms with E-state index in [4.69, 9.17) is 15.2 Å². The number of nitrogens with zero attached hydrogens (tertiary/aromatic N) is 5. The molecule has 9 heteroatoms. The zero-order chi connectivity index (χ0) is 16.5. The average Bonchev–Trinajstić information content (AvgIpc) is 3.32. The van der Waals surface area contributed by atoms with Gasteiger partial charge >= 0.3 is 0 Å². The van der Waals surface area contributed by atoms with Crippen LogP contribution in [0.3, 0.4) is 0 Å². The van der Waals surface area contributed by atoms with Crippen LogP contribution in [0.4, 0.5) is 0 Å². The monoisotopic (exact) mass is 398 g/mol. The lowest BCUT2D eigenvalue weighted by Crippen LogP contribution is -2.25. The zero-order valence-corrected chi connectivity index (χ0v) is 16.3. The Kier molecular flexibility index (Phi) is 7.00. The number of hydrogen-bond donors (Lipinski definition) is 1. The van der Waals surface area contributed by atoms with Gasteiger partial charge < -0.3 is 14.8 Å². The van der Waals surface area contributed by atoms with Gasteiger partial charge in [0.15, 0.2) is 5.82 Å². The van der Waals surface area contributed by atoms with Crippen LogP contribution in [-0.4, -0.2) is 31.1 Å². The molecular weight excluding hydrogens is 375 g/mol. The lowest BCUT2D eigenvalue weighted by atomic mass is 10.2. The Balaban J connectivity index is 0.00000121. The molecule has 0 aliphatic carbocycles. The molecular formula is C17H24Cl2N6O. The average molecular weight is 399 g/mol. The smallest absolute Gasteiger partial charge is 0.240 e. The topological polar surface area (TPSA) is 86.0 Å². The molecule has 1 saturated heterocycles. The number of imidazole rings is 1. The molecule has 26 heavy (non-hydrogen) atoms.